The molecule has 4 nitrogen and oxygen atoms in total. The van der Waals surface area contributed by atoms with Crippen LogP contribution in [0.4, 0.5) is 18.9 Å². The first-order valence-corrected chi connectivity index (χ1v) is 7.08. The molecular weight excluding hydrogens is 321 g/mol. The van der Waals surface area contributed by atoms with E-state index in [1.54, 1.807) is 0 Å². The van der Waals surface area contributed by atoms with Gasteiger partial charge < -0.3 is 9.32 Å². The highest BCUT2D eigenvalue weighted by Gasteiger charge is 2.41. The summed E-state index contributed by atoms with van der Waals surface area (Å²) in [5.74, 6) is -1.57. The fourth-order valence-electron chi connectivity index (χ4n) is 2.25. The highest BCUT2D eigenvalue weighted by Crippen LogP contribution is 2.29. The Balaban J connectivity index is 1.97. The minimum Gasteiger partial charge on any atom is -0.436 e. The van der Waals surface area contributed by atoms with Gasteiger partial charge >= 0.3 is 12.1 Å². The van der Waals surface area contributed by atoms with Crippen molar-refractivity contribution in [2.24, 2.45) is 0 Å². The first-order valence-electron chi connectivity index (χ1n) is 7.08. The van der Waals surface area contributed by atoms with Crippen LogP contribution in [0.15, 0.2) is 46.9 Å². The molecule has 24 heavy (non-hydrogen) atoms. The zero-order chi connectivity index (χ0) is 17.5. The van der Waals surface area contributed by atoms with Gasteiger partial charge in [-0.05, 0) is 37.3 Å². The van der Waals surface area contributed by atoms with Crippen molar-refractivity contribution in [3.05, 3.63) is 48.0 Å². The van der Waals surface area contributed by atoms with Gasteiger partial charge in [0.1, 0.15) is 5.52 Å². The van der Waals surface area contributed by atoms with Crippen LogP contribution in [0.2, 0.25) is 0 Å². The van der Waals surface area contributed by atoms with Gasteiger partial charge in [0, 0.05) is 18.3 Å². The maximum Gasteiger partial charge on any atom is 0.471 e. The Labute approximate surface area is 135 Å². The van der Waals surface area contributed by atoms with Gasteiger partial charge in [-0.1, -0.05) is 17.7 Å². The Morgan fingerprint density at radius 1 is 1.12 bits per heavy atom. The summed E-state index contributed by atoms with van der Waals surface area (Å²) in [7, 11) is 1.07. The number of hydrogen-bond acceptors (Lipinski definition) is 3. The second kappa shape index (κ2) is 5.67. The van der Waals surface area contributed by atoms with Gasteiger partial charge in [0.15, 0.2) is 5.58 Å². The molecule has 0 N–H and O–H groups in total. The number of carbonyl (C=O) groups excluding carboxylic acids is 1. The molecule has 0 aliphatic heterocycles. The average Bonchev–Trinajstić information content (AvgIpc) is 2.96. The Bertz CT molecular complexity index is 898. The molecule has 2 aromatic carbocycles. The number of oxazole rings is 1. The van der Waals surface area contributed by atoms with E-state index in [0.29, 0.717) is 21.9 Å². The van der Waals surface area contributed by atoms with Gasteiger partial charge in [-0.3, -0.25) is 4.79 Å². The number of aromatic nitrogens is 1. The highest BCUT2D eigenvalue weighted by molar-refractivity contribution is 5.98. The summed E-state index contributed by atoms with van der Waals surface area (Å²) < 4.78 is 43.2. The third kappa shape index (κ3) is 2.97. The lowest BCUT2D eigenvalue weighted by atomic mass is 10.1. The molecule has 0 saturated heterocycles. The molecule has 0 bridgehead atoms. The molecule has 0 aliphatic rings. The average molecular weight is 334 g/mol. The van der Waals surface area contributed by atoms with Crippen molar-refractivity contribution in [1.82, 2.24) is 4.98 Å². The number of halogens is 3. The molecule has 1 aromatic heterocycles. The van der Waals surface area contributed by atoms with E-state index in [2.05, 4.69) is 4.98 Å². The van der Waals surface area contributed by atoms with Crippen molar-refractivity contribution in [2.45, 2.75) is 13.1 Å². The molecule has 0 unspecified atom stereocenters. The molecule has 3 rings (SSSR count). The van der Waals surface area contributed by atoms with Crippen LogP contribution in [0.25, 0.3) is 22.6 Å². The summed E-state index contributed by atoms with van der Waals surface area (Å²) in [6, 6.07) is 11.8. The third-order valence-corrected chi connectivity index (χ3v) is 3.60. The SMILES string of the molecule is Cc1ccc(-c2nc3cc(N(C)C(=O)C(F)(F)F)ccc3o2)cc1. The molecule has 7 heteroatoms. The van der Waals surface area contributed by atoms with E-state index in [4.69, 9.17) is 4.42 Å². The molecular formula is C17H13F3N2O2. The molecule has 0 fully saturated rings. The lowest BCUT2D eigenvalue weighted by molar-refractivity contribution is -0.170. The van der Waals surface area contributed by atoms with Gasteiger partial charge in [0.25, 0.3) is 0 Å². The van der Waals surface area contributed by atoms with E-state index < -0.39 is 12.1 Å². The van der Waals surface area contributed by atoms with Gasteiger partial charge in [-0.2, -0.15) is 13.2 Å². The van der Waals surface area contributed by atoms with E-state index in [1.807, 2.05) is 31.2 Å². The van der Waals surface area contributed by atoms with Gasteiger partial charge in [-0.15, -0.1) is 0 Å². The zero-order valence-corrected chi connectivity index (χ0v) is 12.9. The highest BCUT2D eigenvalue weighted by atomic mass is 19.4. The van der Waals surface area contributed by atoms with Crippen molar-refractivity contribution in [3.8, 4) is 11.5 Å². The maximum atomic E-state index is 12.5. The first kappa shape index (κ1) is 16.0. The Kier molecular flexibility index (Phi) is 3.79. The van der Waals surface area contributed by atoms with Crippen LogP contribution in [-0.2, 0) is 4.79 Å². The van der Waals surface area contributed by atoms with Crippen molar-refractivity contribution >= 4 is 22.7 Å². The van der Waals surface area contributed by atoms with Gasteiger partial charge in [0.05, 0.1) is 0 Å². The number of rotatable bonds is 2. The molecule has 0 radical (unpaired) electrons. The predicted molar refractivity (Wildman–Crippen MR) is 83.6 cm³/mol. The number of fused-ring (bicyclic) bond motifs is 1. The van der Waals surface area contributed by atoms with Crippen LogP contribution < -0.4 is 4.90 Å². The van der Waals surface area contributed by atoms with Crippen molar-refractivity contribution < 1.29 is 22.4 Å². The van der Waals surface area contributed by atoms with Crippen LogP contribution in [-0.4, -0.2) is 24.1 Å². The third-order valence-electron chi connectivity index (χ3n) is 3.60. The minimum atomic E-state index is -4.93. The minimum absolute atomic E-state index is 0.0913. The number of anilines is 1. The smallest absolute Gasteiger partial charge is 0.436 e. The number of aryl methyl sites for hydroxylation is 1. The maximum absolute atomic E-state index is 12.5. The normalized spacial score (nSPS) is 11.7. The number of alkyl halides is 3. The lowest BCUT2D eigenvalue weighted by Gasteiger charge is -2.18. The van der Waals surface area contributed by atoms with E-state index >= 15 is 0 Å². The Morgan fingerprint density at radius 3 is 2.42 bits per heavy atom. The molecule has 124 valence electrons. The number of amides is 1. The lowest BCUT2D eigenvalue weighted by Crippen LogP contribution is -2.38. The second-order valence-electron chi connectivity index (χ2n) is 5.40. The predicted octanol–water partition coefficient (Wildman–Crippen LogP) is 4.33. The van der Waals surface area contributed by atoms with Crippen molar-refractivity contribution in [3.63, 3.8) is 0 Å². The molecule has 0 spiro atoms. The molecule has 0 atom stereocenters. The number of hydrogen-bond donors (Lipinski definition) is 0. The number of benzene rings is 2. The van der Waals surface area contributed by atoms with Crippen molar-refractivity contribution in [2.75, 3.05) is 11.9 Å². The summed E-state index contributed by atoms with van der Waals surface area (Å²) in [4.78, 5) is 16.1. The van der Waals surface area contributed by atoms with Crippen molar-refractivity contribution in [1.29, 1.82) is 0 Å². The number of carbonyl (C=O) groups is 1. The molecule has 0 aliphatic carbocycles. The summed E-state index contributed by atoms with van der Waals surface area (Å²) in [5, 5.41) is 0. The fourth-order valence-corrected chi connectivity index (χ4v) is 2.25. The summed E-state index contributed by atoms with van der Waals surface area (Å²) in [6.07, 6.45) is -4.93. The topological polar surface area (TPSA) is 46.3 Å². The number of nitrogens with zero attached hydrogens (tertiary/aromatic N) is 2. The molecule has 3 aromatic rings. The van der Waals surface area contributed by atoms with Gasteiger partial charge in [0.2, 0.25) is 5.89 Å². The van der Waals surface area contributed by atoms with E-state index in [0.717, 1.165) is 18.2 Å². The monoisotopic (exact) mass is 334 g/mol. The zero-order valence-electron chi connectivity index (χ0n) is 12.9. The fraction of sp³-hybridized carbons (Fsp3) is 0.176. The van der Waals surface area contributed by atoms with Crippen LogP contribution in [0.3, 0.4) is 0 Å². The quantitative estimate of drug-likeness (QED) is 0.701. The summed E-state index contributed by atoms with van der Waals surface area (Å²) in [5.41, 5.74) is 2.75. The van der Waals surface area contributed by atoms with Gasteiger partial charge in [-0.25, -0.2) is 4.98 Å². The first-order chi connectivity index (χ1) is 11.3. The standard InChI is InChI=1S/C17H13F3N2O2/c1-10-3-5-11(6-4-10)15-21-13-9-12(7-8-14(13)24-15)22(2)16(23)17(18,19)20/h3-9H,1-2H3. The van der Waals surface area contributed by atoms with E-state index in [1.165, 1.54) is 18.2 Å². The van der Waals surface area contributed by atoms with Crippen LogP contribution in [0.5, 0.6) is 0 Å². The summed E-state index contributed by atoms with van der Waals surface area (Å²) in [6.45, 7) is 1.95. The van der Waals surface area contributed by atoms with E-state index in [9.17, 15) is 18.0 Å². The molecule has 1 amide bonds. The van der Waals surface area contributed by atoms with Crippen LogP contribution >= 0.6 is 0 Å². The second-order valence-corrected chi connectivity index (χ2v) is 5.40. The Hall–Kier alpha value is -2.83. The van der Waals surface area contributed by atoms with Crippen LogP contribution in [0, 0.1) is 6.92 Å². The van der Waals surface area contributed by atoms with Crippen LogP contribution in [0.1, 0.15) is 5.56 Å². The van der Waals surface area contributed by atoms with E-state index in [-0.39, 0.29) is 5.69 Å². The Morgan fingerprint density at radius 2 is 1.79 bits per heavy atom. The summed E-state index contributed by atoms with van der Waals surface area (Å²) >= 11 is 0. The molecule has 1 heterocycles. The molecule has 0 saturated carbocycles. The largest absolute Gasteiger partial charge is 0.471 e.